The summed E-state index contributed by atoms with van der Waals surface area (Å²) in [6.45, 7) is 1.53. The van der Waals surface area contributed by atoms with Gasteiger partial charge in [-0.05, 0) is 30.7 Å². The van der Waals surface area contributed by atoms with Gasteiger partial charge in [0.25, 0.3) is 0 Å². The van der Waals surface area contributed by atoms with Crippen LogP contribution in [0.15, 0.2) is 30.3 Å². The molecule has 19 heavy (non-hydrogen) atoms. The van der Waals surface area contributed by atoms with Crippen LogP contribution >= 0.6 is 0 Å². The molecule has 0 aliphatic rings. The summed E-state index contributed by atoms with van der Waals surface area (Å²) in [4.78, 5) is 21.8. The van der Waals surface area contributed by atoms with E-state index in [0.29, 0.717) is 0 Å². The third-order valence-corrected chi connectivity index (χ3v) is 2.31. The van der Waals surface area contributed by atoms with Crippen LogP contribution in [0.5, 0.6) is 5.75 Å². The van der Waals surface area contributed by atoms with E-state index in [2.05, 4.69) is 0 Å². The van der Waals surface area contributed by atoms with Crippen LogP contribution in [-0.2, 0) is 14.3 Å². The highest BCUT2D eigenvalue weighted by Gasteiger charge is 2.10. The molecule has 0 heterocycles. The van der Waals surface area contributed by atoms with E-state index in [4.69, 9.17) is 14.6 Å². The Morgan fingerprint density at radius 2 is 1.95 bits per heavy atom. The number of carboxylic acids is 1. The number of esters is 1. The Morgan fingerprint density at radius 1 is 1.32 bits per heavy atom. The zero-order valence-corrected chi connectivity index (χ0v) is 10.8. The van der Waals surface area contributed by atoms with Crippen molar-refractivity contribution in [2.24, 2.45) is 0 Å². The quantitative estimate of drug-likeness (QED) is 0.629. The molecule has 1 aromatic rings. The summed E-state index contributed by atoms with van der Waals surface area (Å²) < 4.78 is 9.91. The van der Waals surface area contributed by atoms with Gasteiger partial charge in [0.05, 0.1) is 13.5 Å². The first-order valence-corrected chi connectivity index (χ1v) is 5.76. The van der Waals surface area contributed by atoms with E-state index in [1.165, 1.54) is 13.0 Å². The van der Waals surface area contributed by atoms with Crippen molar-refractivity contribution in [1.82, 2.24) is 0 Å². The van der Waals surface area contributed by atoms with Gasteiger partial charge in [0.2, 0.25) is 0 Å². The van der Waals surface area contributed by atoms with Crippen molar-refractivity contribution in [2.75, 3.05) is 7.11 Å². The average Bonchev–Trinajstić information content (AvgIpc) is 2.36. The molecule has 0 aliphatic heterocycles. The number of methoxy groups -OCH3 is 1. The molecule has 0 aliphatic carbocycles. The van der Waals surface area contributed by atoms with Gasteiger partial charge in [-0.1, -0.05) is 12.1 Å². The van der Waals surface area contributed by atoms with E-state index in [1.54, 1.807) is 37.5 Å². The third kappa shape index (κ3) is 5.72. The van der Waals surface area contributed by atoms with Crippen LogP contribution in [0, 0.1) is 0 Å². The highest BCUT2D eigenvalue weighted by atomic mass is 16.5. The third-order valence-electron chi connectivity index (χ3n) is 2.31. The second-order valence-corrected chi connectivity index (χ2v) is 3.95. The van der Waals surface area contributed by atoms with E-state index in [-0.39, 0.29) is 6.42 Å². The molecule has 0 saturated heterocycles. The lowest BCUT2D eigenvalue weighted by Gasteiger charge is -2.08. The second-order valence-electron chi connectivity index (χ2n) is 3.95. The van der Waals surface area contributed by atoms with Gasteiger partial charge in [-0.15, -0.1) is 0 Å². The minimum atomic E-state index is -1.00. The number of hydrogen-bond acceptors (Lipinski definition) is 4. The van der Waals surface area contributed by atoms with Gasteiger partial charge in [0.1, 0.15) is 11.9 Å². The normalized spacial score (nSPS) is 12.1. The number of carbonyl (C=O) groups excluding carboxylic acids is 1. The average molecular weight is 264 g/mol. The Labute approximate surface area is 111 Å². The van der Waals surface area contributed by atoms with E-state index >= 15 is 0 Å². The van der Waals surface area contributed by atoms with Crippen molar-refractivity contribution in [3.05, 3.63) is 35.9 Å². The number of carboxylic acid groups (broad SMARTS) is 1. The Hall–Kier alpha value is -2.30. The Bertz CT molecular complexity index is 461. The largest absolute Gasteiger partial charge is 0.497 e. The molecule has 5 heteroatoms. The minimum Gasteiger partial charge on any atom is -0.497 e. The van der Waals surface area contributed by atoms with Crippen LogP contribution in [0.25, 0.3) is 6.08 Å². The van der Waals surface area contributed by atoms with Gasteiger partial charge < -0.3 is 14.6 Å². The lowest BCUT2D eigenvalue weighted by Crippen LogP contribution is -2.16. The van der Waals surface area contributed by atoms with Crippen LogP contribution in [-0.4, -0.2) is 30.3 Å². The molecule has 0 spiro atoms. The molecule has 5 nitrogen and oxygen atoms in total. The van der Waals surface area contributed by atoms with E-state index in [0.717, 1.165) is 11.3 Å². The molecule has 0 radical (unpaired) electrons. The smallest absolute Gasteiger partial charge is 0.331 e. The first-order chi connectivity index (χ1) is 9.01. The lowest BCUT2D eigenvalue weighted by molar-refractivity contribution is -0.147. The second kappa shape index (κ2) is 7.20. The van der Waals surface area contributed by atoms with Crippen molar-refractivity contribution in [3.8, 4) is 5.75 Å². The molecule has 1 unspecified atom stereocenters. The highest BCUT2D eigenvalue weighted by molar-refractivity contribution is 5.87. The highest BCUT2D eigenvalue weighted by Crippen LogP contribution is 2.12. The van der Waals surface area contributed by atoms with Gasteiger partial charge in [-0.3, -0.25) is 4.79 Å². The summed E-state index contributed by atoms with van der Waals surface area (Å²) in [5.74, 6) is -0.834. The maximum atomic E-state index is 11.4. The predicted molar refractivity (Wildman–Crippen MR) is 69.8 cm³/mol. The van der Waals surface area contributed by atoms with Crippen molar-refractivity contribution < 1.29 is 24.2 Å². The Balaban J connectivity index is 2.50. The van der Waals surface area contributed by atoms with Gasteiger partial charge in [0.15, 0.2) is 0 Å². The van der Waals surface area contributed by atoms with Crippen molar-refractivity contribution in [1.29, 1.82) is 0 Å². The fourth-order valence-electron chi connectivity index (χ4n) is 1.40. The number of benzene rings is 1. The fraction of sp³-hybridized carbons (Fsp3) is 0.286. The van der Waals surface area contributed by atoms with Gasteiger partial charge >= 0.3 is 11.9 Å². The standard InChI is InChI=1S/C14H16O5/c1-10(9-13(15)16)19-14(17)8-5-11-3-6-12(18-2)7-4-11/h3-8,10H,9H2,1-2H3,(H,15,16). The van der Waals surface area contributed by atoms with E-state index in [9.17, 15) is 9.59 Å². The molecule has 0 saturated carbocycles. The number of carbonyl (C=O) groups is 2. The lowest BCUT2D eigenvalue weighted by atomic mass is 10.2. The molecule has 0 bridgehead atoms. The molecular weight excluding hydrogens is 248 g/mol. The number of ether oxygens (including phenoxy) is 2. The number of rotatable bonds is 6. The van der Waals surface area contributed by atoms with Crippen molar-refractivity contribution in [2.45, 2.75) is 19.4 Å². The molecule has 0 aromatic heterocycles. The first kappa shape index (κ1) is 14.8. The van der Waals surface area contributed by atoms with Crippen LogP contribution in [0.2, 0.25) is 0 Å². The zero-order valence-electron chi connectivity index (χ0n) is 10.8. The molecule has 1 N–H and O–H groups in total. The fourth-order valence-corrected chi connectivity index (χ4v) is 1.40. The zero-order chi connectivity index (χ0) is 14.3. The monoisotopic (exact) mass is 264 g/mol. The van der Waals surface area contributed by atoms with Crippen LogP contribution < -0.4 is 4.74 Å². The molecule has 1 rings (SSSR count). The van der Waals surface area contributed by atoms with Crippen LogP contribution in [0.1, 0.15) is 18.9 Å². The summed E-state index contributed by atoms with van der Waals surface area (Å²) in [6, 6.07) is 7.14. The number of aliphatic carboxylic acids is 1. The SMILES string of the molecule is COc1ccc(C=CC(=O)OC(C)CC(=O)O)cc1. The molecule has 0 amide bonds. The summed E-state index contributed by atoms with van der Waals surface area (Å²) in [5, 5.41) is 8.53. The Kier molecular flexibility index (Phi) is 5.60. The minimum absolute atomic E-state index is 0.206. The van der Waals surface area contributed by atoms with Gasteiger partial charge in [-0.2, -0.15) is 0 Å². The predicted octanol–water partition coefficient (Wildman–Crippen LogP) is 2.11. The topological polar surface area (TPSA) is 72.8 Å². The summed E-state index contributed by atoms with van der Waals surface area (Å²) >= 11 is 0. The molecule has 1 aromatic carbocycles. The maximum Gasteiger partial charge on any atom is 0.331 e. The molecular formula is C14H16O5. The molecule has 0 fully saturated rings. The summed E-state index contributed by atoms with van der Waals surface area (Å²) in [7, 11) is 1.58. The first-order valence-electron chi connectivity index (χ1n) is 5.76. The Morgan fingerprint density at radius 3 is 2.47 bits per heavy atom. The van der Waals surface area contributed by atoms with Gasteiger partial charge in [-0.25, -0.2) is 4.79 Å². The van der Waals surface area contributed by atoms with Crippen LogP contribution in [0.4, 0.5) is 0 Å². The summed E-state index contributed by atoms with van der Waals surface area (Å²) in [5.41, 5.74) is 0.823. The van der Waals surface area contributed by atoms with Crippen LogP contribution in [0.3, 0.4) is 0 Å². The number of hydrogen-bond donors (Lipinski definition) is 1. The molecule has 1 atom stereocenters. The summed E-state index contributed by atoms with van der Waals surface area (Å²) in [6.07, 6.45) is 2.00. The van der Waals surface area contributed by atoms with Crippen molar-refractivity contribution in [3.63, 3.8) is 0 Å². The van der Waals surface area contributed by atoms with E-state index < -0.39 is 18.0 Å². The van der Waals surface area contributed by atoms with Gasteiger partial charge in [0, 0.05) is 6.08 Å². The molecule has 102 valence electrons. The van der Waals surface area contributed by atoms with E-state index in [1.807, 2.05) is 0 Å². The maximum absolute atomic E-state index is 11.4. The van der Waals surface area contributed by atoms with Crippen molar-refractivity contribution >= 4 is 18.0 Å².